The number of aryl methyl sites for hydroxylation is 2. The van der Waals surface area contributed by atoms with Gasteiger partial charge in [-0.3, -0.25) is 4.79 Å². The van der Waals surface area contributed by atoms with Crippen LogP contribution >= 0.6 is 23.1 Å². The van der Waals surface area contributed by atoms with Crippen LogP contribution in [0.3, 0.4) is 0 Å². The Kier molecular flexibility index (Phi) is 6.01. The maximum absolute atomic E-state index is 12.6. The molecule has 0 radical (unpaired) electrons. The molecule has 1 amide bonds. The highest BCUT2D eigenvalue weighted by molar-refractivity contribution is 7.98. The van der Waals surface area contributed by atoms with Gasteiger partial charge in [0.05, 0.1) is 4.88 Å². The lowest BCUT2D eigenvalue weighted by molar-refractivity contribution is 0.0956. The van der Waals surface area contributed by atoms with Gasteiger partial charge in [0, 0.05) is 23.7 Å². The summed E-state index contributed by atoms with van der Waals surface area (Å²) in [4.78, 5) is 13.5. The fraction of sp³-hybridized carbons (Fsp3) is 0.476. The fourth-order valence-corrected chi connectivity index (χ4v) is 5.77. The van der Waals surface area contributed by atoms with E-state index in [0.29, 0.717) is 12.6 Å². The zero-order valence-electron chi connectivity index (χ0n) is 16.4. The van der Waals surface area contributed by atoms with E-state index in [2.05, 4.69) is 38.5 Å². The van der Waals surface area contributed by atoms with Crippen molar-refractivity contribution in [3.63, 3.8) is 0 Å². The molecule has 0 bridgehead atoms. The Labute approximate surface area is 173 Å². The lowest BCUT2D eigenvalue weighted by Gasteiger charge is -2.16. The lowest BCUT2D eigenvalue weighted by atomic mass is 10.1. The van der Waals surface area contributed by atoms with Crippen LogP contribution in [0.2, 0.25) is 0 Å². The van der Waals surface area contributed by atoms with Crippen molar-refractivity contribution in [2.75, 3.05) is 12.8 Å². The number of nitrogens with zero attached hydrogens (tertiary/aromatic N) is 3. The summed E-state index contributed by atoms with van der Waals surface area (Å²) in [5.41, 5.74) is 1.07. The maximum atomic E-state index is 12.6. The minimum Gasteiger partial charge on any atom is -0.351 e. The second-order valence-corrected chi connectivity index (χ2v) is 9.15. The fourth-order valence-electron chi connectivity index (χ4n) is 4.07. The average molecular weight is 415 g/mol. The Morgan fingerprint density at radius 3 is 2.82 bits per heavy atom. The first-order valence-corrected chi connectivity index (χ1v) is 12.0. The van der Waals surface area contributed by atoms with Gasteiger partial charge in [-0.05, 0) is 49.5 Å². The number of fused-ring (bicyclic) bond motifs is 1. The number of hydrogen-bond donors (Lipinski definition) is 1. The lowest BCUT2D eigenvalue weighted by Crippen LogP contribution is -2.25. The topological polar surface area (TPSA) is 59.8 Å². The second kappa shape index (κ2) is 8.66. The number of amides is 1. The smallest absolute Gasteiger partial charge is 0.261 e. The molecule has 4 rings (SSSR count). The summed E-state index contributed by atoms with van der Waals surface area (Å²) in [6, 6.07) is 8.74. The Bertz CT molecular complexity index is 972. The summed E-state index contributed by atoms with van der Waals surface area (Å²) >= 11 is 3.24. The number of hydrogen-bond acceptors (Lipinski definition) is 5. The highest BCUT2D eigenvalue weighted by Crippen LogP contribution is 2.33. The molecule has 1 aliphatic rings. The van der Waals surface area contributed by atoms with Crippen LogP contribution in [0.25, 0.3) is 10.1 Å². The molecule has 0 spiro atoms. The first-order chi connectivity index (χ1) is 13.7. The highest BCUT2D eigenvalue weighted by Gasteiger charge is 2.23. The van der Waals surface area contributed by atoms with Gasteiger partial charge in [0.1, 0.15) is 5.82 Å². The van der Waals surface area contributed by atoms with Crippen LogP contribution < -0.4 is 5.32 Å². The van der Waals surface area contributed by atoms with Gasteiger partial charge < -0.3 is 9.88 Å². The first-order valence-electron chi connectivity index (χ1n) is 9.93. The van der Waals surface area contributed by atoms with Crippen molar-refractivity contribution >= 4 is 39.1 Å². The molecule has 2 heterocycles. The SMILES string of the molecule is CSc1nnc(CCCNC(=O)c2sc3ccccc3c2C)n1C1CCCC1. The minimum absolute atomic E-state index is 0.0285. The molecule has 1 fully saturated rings. The van der Waals surface area contributed by atoms with Crippen molar-refractivity contribution in [1.82, 2.24) is 20.1 Å². The van der Waals surface area contributed by atoms with Gasteiger partial charge in [0.25, 0.3) is 5.91 Å². The average Bonchev–Trinajstić information content (AvgIpc) is 3.44. The van der Waals surface area contributed by atoms with Gasteiger partial charge in [-0.1, -0.05) is 42.8 Å². The Balaban J connectivity index is 1.36. The van der Waals surface area contributed by atoms with E-state index in [1.165, 1.54) is 35.8 Å². The van der Waals surface area contributed by atoms with Gasteiger partial charge >= 0.3 is 0 Å². The molecule has 2 aromatic heterocycles. The van der Waals surface area contributed by atoms with Crippen molar-refractivity contribution in [1.29, 1.82) is 0 Å². The zero-order valence-corrected chi connectivity index (χ0v) is 18.0. The van der Waals surface area contributed by atoms with E-state index in [1.54, 1.807) is 23.1 Å². The molecule has 1 saturated carbocycles. The summed E-state index contributed by atoms with van der Waals surface area (Å²) in [6.45, 7) is 2.68. The third kappa shape index (κ3) is 3.82. The predicted octanol–water partition coefficient (Wildman–Crippen LogP) is 5.00. The third-order valence-corrected chi connectivity index (χ3v) is 7.44. The molecule has 0 atom stereocenters. The minimum atomic E-state index is 0.0285. The monoisotopic (exact) mass is 414 g/mol. The number of carbonyl (C=O) groups is 1. The van der Waals surface area contributed by atoms with E-state index in [-0.39, 0.29) is 5.91 Å². The molecule has 1 aliphatic carbocycles. The quantitative estimate of drug-likeness (QED) is 0.436. The van der Waals surface area contributed by atoms with Crippen molar-refractivity contribution in [2.24, 2.45) is 0 Å². The van der Waals surface area contributed by atoms with Gasteiger partial charge in [0.15, 0.2) is 5.16 Å². The molecule has 0 unspecified atom stereocenters. The van der Waals surface area contributed by atoms with Crippen LogP contribution in [0, 0.1) is 6.92 Å². The number of thiophene rings is 1. The molecule has 0 aliphatic heterocycles. The summed E-state index contributed by atoms with van der Waals surface area (Å²) in [6.07, 6.45) is 8.81. The van der Waals surface area contributed by atoms with Gasteiger partial charge in [-0.2, -0.15) is 0 Å². The Morgan fingerprint density at radius 1 is 1.29 bits per heavy atom. The third-order valence-electron chi connectivity index (χ3n) is 5.52. The summed E-state index contributed by atoms with van der Waals surface area (Å²) < 4.78 is 3.51. The first kappa shape index (κ1) is 19.5. The molecule has 0 saturated heterocycles. The predicted molar refractivity (Wildman–Crippen MR) is 117 cm³/mol. The number of benzene rings is 1. The molecular formula is C21H26N4OS2. The van der Waals surface area contributed by atoms with E-state index >= 15 is 0 Å². The van der Waals surface area contributed by atoms with Crippen LogP contribution in [-0.4, -0.2) is 33.5 Å². The molecule has 3 aromatic rings. The van der Waals surface area contributed by atoms with Crippen molar-refractivity contribution in [2.45, 2.75) is 56.6 Å². The normalized spacial score (nSPS) is 14.8. The van der Waals surface area contributed by atoms with Gasteiger partial charge in [-0.25, -0.2) is 0 Å². The van der Waals surface area contributed by atoms with Crippen molar-refractivity contribution in [3.8, 4) is 0 Å². The Morgan fingerprint density at radius 2 is 2.07 bits per heavy atom. The molecule has 7 heteroatoms. The molecule has 1 aromatic carbocycles. The van der Waals surface area contributed by atoms with Crippen LogP contribution in [0.15, 0.2) is 29.4 Å². The number of nitrogens with one attached hydrogen (secondary N) is 1. The standard InChI is InChI=1S/C21H26N4OS2/c1-14-16-10-5-6-11-17(16)28-19(14)20(26)22-13-7-12-18-23-24-21(27-2)25(18)15-8-3-4-9-15/h5-6,10-11,15H,3-4,7-9,12-13H2,1-2H3,(H,22,26). The molecule has 1 N–H and O–H groups in total. The number of carbonyl (C=O) groups excluding carboxylic acids is 1. The van der Waals surface area contributed by atoms with Crippen LogP contribution in [-0.2, 0) is 6.42 Å². The summed E-state index contributed by atoms with van der Waals surface area (Å²) in [5, 5.41) is 14.1. The van der Waals surface area contributed by atoms with Crippen LogP contribution in [0.4, 0.5) is 0 Å². The maximum Gasteiger partial charge on any atom is 0.261 e. The largest absolute Gasteiger partial charge is 0.351 e. The van der Waals surface area contributed by atoms with E-state index in [1.807, 2.05) is 19.1 Å². The van der Waals surface area contributed by atoms with Gasteiger partial charge in [0.2, 0.25) is 0 Å². The van der Waals surface area contributed by atoms with E-state index in [9.17, 15) is 4.79 Å². The molecular weight excluding hydrogens is 388 g/mol. The van der Waals surface area contributed by atoms with Crippen molar-refractivity contribution < 1.29 is 4.79 Å². The summed E-state index contributed by atoms with van der Waals surface area (Å²) in [7, 11) is 0. The number of rotatable bonds is 7. The molecule has 28 heavy (non-hydrogen) atoms. The number of thioether (sulfide) groups is 1. The zero-order chi connectivity index (χ0) is 19.5. The van der Waals surface area contributed by atoms with E-state index < -0.39 is 0 Å². The highest BCUT2D eigenvalue weighted by atomic mass is 32.2. The Hall–Kier alpha value is -1.86. The van der Waals surface area contributed by atoms with Gasteiger partial charge in [-0.15, -0.1) is 21.5 Å². The molecule has 5 nitrogen and oxygen atoms in total. The van der Waals surface area contributed by atoms with E-state index in [4.69, 9.17) is 0 Å². The number of aromatic nitrogens is 3. The van der Waals surface area contributed by atoms with Crippen LogP contribution in [0.1, 0.15) is 59.2 Å². The van der Waals surface area contributed by atoms with Crippen molar-refractivity contribution in [3.05, 3.63) is 40.5 Å². The molecule has 148 valence electrons. The van der Waals surface area contributed by atoms with Crippen LogP contribution in [0.5, 0.6) is 0 Å². The second-order valence-electron chi connectivity index (χ2n) is 7.32. The summed E-state index contributed by atoms with van der Waals surface area (Å²) in [5.74, 6) is 1.09. The van der Waals surface area contributed by atoms with E-state index in [0.717, 1.165) is 34.3 Å².